The largest absolute Gasteiger partial charge is 0.308 e. The lowest BCUT2D eigenvalue weighted by Crippen LogP contribution is -2.48. The molecule has 1 fully saturated rings. The van der Waals surface area contributed by atoms with Gasteiger partial charge in [-0.1, -0.05) is 70.4 Å². The molecule has 0 aromatic heterocycles. The maximum atomic E-state index is 3.66. The molecule has 21 heavy (non-hydrogen) atoms. The van der Waals surface area contributed by atoms with Crippen molar-refractivity contribution in [1.82, 2.24) is 10.2 Å². The van der Waals surface area contributed by atoms with Gasteiger partial charge in [0, 0.05) is 32.2 Å². The second kappa shape index (κ2) is 7.95. The van der Waals surface area contributed by atoms with E-state index in [0.717, 1.165) is 13.1 Å². The summed E-state index contributed by atoms with van der Waals surface area (Å²) >= 11 is 0. The summed E-state index contributed by atoms with van der Waals surface area (Å²) in [4.78, 5) is 2.65. The summed E-state index contributed by atoms with van der Waals surface area (Å²) in [5, 5.41) is 3.66. The lowest BCUT2D eigenvalue weighted by Gasteiger charge is -2.39. The van der Waals surface area contributed by atoms with Gasteiger partial charge in [0.05, 0.1) is 0 Å². The molecule has 1 aromatic rings. The summed E-state index contributed by atoms with van der Waals surface area (Å²) in [6.07, 6.45) is 5.41. The zero-order valence-corrected chi connectivity index (χ0v) is 14.1. The molecule has 2 nitrogen and oxygen atoms in total. The third-order valence-corrected chi connectivity index (χ3v) is 4.57. The van der Waals surface area contributed by atoms with Gasteiger partial charge in [-0.15, -0.1) is 0 Å². The maximum Gasteiger partial charge on any atom is 0.0449 e. The fraction of sp³-hybridized carbons (Fsp3) is 0.684. The number of nitrogens with zero attached hydrogens (tertiary/aromatic N) is 1. The van der Waals surface area contributed by atoms with E-state index in [2.05, 4.69) is 61.3 Å². The van der Waals surface area contributed by atoms with Crippen molar-refractivity contribution < 1.29 is 0 Å². The maximum absolute atomic E-state index is 3.66. The van der Waals surface area contributed by atoms with Gasteiger partial charge in [-0.2, -0.15) is 0 Å². The first-order valence-corrected chi connectivity index (χ1v) is 8.61. The van der Waals surface area contributed by atoms with Crippen molar-refractivity contribution in [2.45, 2.75) is 52.5 Å². The van der Waals surface area contributed by atoms with E-state index in [9.17, 15) is 0 Å². The fourth-order valence-corrected chi connectivity index (χ4v) is 3.40. The summed E-state index contributed by atoms with van der Waals surface area (Å²) < 4.78 is 0. The molecular weight excluding hydrogens is 256 g/mol. The van der Waals surface area contributed by atoms with Gasteiger partial charge in [0.2, 0.25) is 0 Å². The van der Waals surface area contributed by atoms with Crippen molar-refractivity contribution >= 4 is 0 Å². The highest BCUT2D eigenvalue weighted by Gasteiger charge is 2.26. The third-order valence-electron chi connectivity index (χ3n) is 4.57. The molecule has 1 unspecified atom stereocenters. The van der Waals surface area contributed by atoms with Crippen LogP contribution in [0.4, 0.5) is 0 Å². The van der Waals surface area contributed by atoms with Gasteiger partial charge in [0.1, 0.15) is 0 Å². The van der Waals surface area contributed by atoms with Gasteiger partial charge in [-0.25, -0.2) is 0 Å². The van der Waals surface area contributed by atoms with E-state index < -0.39 is 0 Å². The Morgan fingerprint density at radius 2 is 1.95 bits per heavy atom. The molecule has 1 heterocycles. The zero-order valence-electron chi connectivity index (χ0n) is 14.1. The molecule has 1 aliphatic rings. The van der Waals surface area contributed by atoms with Crippen LogP contribution in [-0.4, -0.2) is 31.1 Å². The minimum atomic E-state index is 0.438. The molecule has 1 aromatic carbocycles. The van der Waals surface area contributed by atoms with Gasteiger partial charge in [0.15, 0.2) is 0 Å². The van der Waals surface area contributed by atoms with Crippen molar-refractivity contribution in [1.29, 1.82) is 0 Å². The highest BCUT2D eigenvalue weighted by Crippen LogP contribution is 2.27. The van der Waals surface area contributed by atoms with Crippen LogP contribution in [0.25, 0.3) is 0 Å². The predicted molar refractivity (Wildman–Crippen MR) is 91.5 cm³/mol. The fourth-order valence-electron chi connectivity index (χ4n) is 3.40. The van der Waals surface area contributed by atoms with Crippen LogP contribution in [-0.2, 0) is 0 Å². The molecule has 0 spiro atoms. The minimum Gasteiger partial charge on any atom is -0.308 e. The van der Waals surface area contributed by atoms with Crippen LogP contribution in [0.1, 0.15) is 58.1 Å². The van der Waals surface area contributed by atoms with Crippen molar-refractivity contribution in [3.05, 3.63) is 35.9 Å². The van der Waals surface area contributed by atoms with Gasteiger partial charge in [0.25, 0.3) is 0 Å². The second-order valence-corrected chi connectivity index (χ2v) is 7.27. The molecule has 0 aliphatic carbocycles. The Balaban J connectivity index is 1.86. The Morgan fingerprint density at radius 1 is 1.19 bits per heavy atom. The van der Waals surface area contributed by atoms with Crippen LogP contribution in [0.15, 0.2) is 30.3 Å². The van der Waals surface area contributed by atoms with Crippen LogP contribution in [0.2, 0.25) is 0 Å². The highest BCUT2D eigenvalue weighted by atomic mass is 15.2. The first-order valence-electron chi connectivity index (χ1n) is 8.61. The van der Waals surface area contributed by atoms with Crippen LogP contribution >= 0.6 is 0 Å². The van der Waals surface area contributed by atoms with Gasteiger partial charge in [-0.3, -0.25) is 4.90 Å². The Bertz CT molecular complexity index is 399. The number of hydrogen-bond donors (Lipinski definition) is 1. The van der Waals surface area contributed by atoms with E-state index in [0.29, 0.717) is 11.5 Å². The lowest BCUT2D eigenvalue weighted by atomic mass is 9.86. The molecule has 2 rings (SSSR count). The zero-order chi connectivity index (χ0) is 15.1. The van der Waals surface area contributed by atoms with Crippen LogP contribution < -0.4 is 5.32 Å². The summed E-state index contributed by atoms with van der Waals surface area (Å²) in [7, 11) is 0. The Hall–Kier alpha value is -0.860. The first-order chi connectivity index (χ1) is 10.1. The van der Waals surface area contributed by atoms with Crippen molar-refractivity contribution in [3.8, 4) is 0 Å². The van der Waals surface area contributed by atoms with Crippen molar-refractivity contribution in [2.75, 3.05) is 26.2 Å². The van der Waals surface area contributed by atoms with Crippen LogP contribution in [0, 0.1) is 5.41 Å². The molecule has 0 radical (unpaired) electrons. The molecule has 0 bridgehead atoms. The number of hydrogen-bond acceptors (Lipinski definition) is 2. The van der Waals surface area contributed by atoms with Crippen LogP contribution in [0.5, 0.6) is 0 Å². The van der Waals surface area contributed by atoms with Crippen molar-refractivity contribution in [2.24, 2.45) is 5.41 Å². The Labute approximate surface area is 130 Å². The molecule has 118 valence electrons. The molecular formula is C19H32N2. The molecule has 1 N–H and O–H groups in total. The van der Waals surface area contributed by atoms with E-state index in [-0.39, 0.29) is 0 Å². The molecule has 0 saturated carbocycles. The average Bonchev–Trinajstić information content (AvgIpc) is 2.48. The number of unbranched alkanes of at least 4 members (excludes halogenated alkanes) is 2. The van der Waals surface area contributed by atoms with Crippen LogP contribution in [0.3, 0.4) is 0 Å². The van der Waals surface area contributed by atoms with E-state index in [1.165, 1.54) is 44.3 Å². The molecule has 2 heteroatoms. The first kappa shape index (κ1) is 16.5. The summed E-state index contributed by atoms with van der Waals surface area (Å²) in [5.74, 6) is 0. The monoisotopic (exact) mass is 288 g/mol. The molecule has 0 amide bonds. The van der Waals surface area contributed by atoms with E-state index in [1.807, 2.05) is 0 Å². The third kappa shape index (κ3) is 5.44. The normalized spacial score (nSPS) is 20.6. The molecule has 1 atom stereocenters. The minimum absolute atomic E-state index is 0.438. The number of piperazine rings is 1. The molecule has 1 saturated heterocycles. The highest BCUT2D eigenvalue weighted by molar-refractivity contribution is 5.19. The Morgan fingerprint density at radius 3 is 2.67 bits per heavy atom. The SMILES string of the molecule is CCCCCC(C)(C)CN1CCNC(c2ccccc2)C1. The Kier molecular flexibility index (Phi) is 6.25. The van der Waals surface area contributed by atoms with Gasteiger partial charge in [-0.05, 0) is 17.4 Å². The number of benzene rings is 1. The quantitative estimate of drug-likeness (QED) is 0.755. The van der Waals surface area contributed by atoms with E-state index in [4.69, 9.17) is 0 Å². The van der Waals surface area contributed by atoms with Gasteiger partial charge >= 0.3 is 0 Å². The average molecular weight is 288 g/mol. The molecule has 1 aliphatic heterocycles. The predicted octanol–water partition coefficient (Wildman–Crippen LogP) is 4.24. The van der Waals surface area contributed by atoms with E-state index in [1.54, 1.807) is 0 Å². The smallest absolute Gasteiger partial charge is 0.0449 e. The summed E-state index contributed by atoms with van der Waals surface area (Å²) in [6.45, 7) is 11.8. The van der Waals surface area contributed by atoms with Crippen molar-refractivity contribution in [3.63, 3.8) is 0 Å². The summed E-state index contributed by atoms with van der Waals surface area (Å²) in [6, 6.07) is 11.4. The topological polar surface area (TPSA) is 15.3 Å². The standard InChI is InChI=1S/C19H32N2/c1-4-5-9-12-19(2,3)16-21-14-13-20-18(15-21)17-10-7-6-8-11-17/h6-8,10-11,18,20H,4-5,9,12-16H2,1-3H3. The summed E-state index contributed by atoms with van der Waals surface area (Å²) in [5.41, 5.74) is 1.86. The number of rotatable bonds is 7. The lowest BCUT2D eigenvalue weighted by molar-refractivity contribution is 0.129. The number of nitrogens with one attached hydrogen (secondary N) is 1. The second-order valence-electron chi connectivity index (χ2n) is 7.27. The van der Waals surface area contributed by atoms with Gasteiger partial charge < -0.3 is 5.32 Å². The van der Waals surface area contributed by atoms with E-state index >= 15 is 0 Å².